The maximum Gasteiger partial charge on any atom is 0.408 e. The Morgan fingerprint density at radius 1 is 1.30 bits per heavy atom. The first-order valence-electron chi connectivity index (χ1n) is 10.4. The van der Waals surface area contributed by atoms with E-state index in [1.807, 2.05) is 32.1 Å². The fraction of sp³-hybridized carbons (Fsp3) is 0.682. The zero-order valence-corrected chi connectivity index (χ0v) is 19.1. The zero-order valence-electron chi connectivity index (χ0n) is 18.4. The lowest BCUT2D eigenvalue weighted by Crippen LogP contribution is -2.51. The van der Waals surface area contributed by atoms with Crippen molar-refractivity contribution in [3.63, 3.8) is 0 Å². The molecule has 0 bridgehead atoms. The van der Waals surface area contributed by atoms with E-state index in [-0.39, 0.29) is 30.2 Å². The number of carbonyl (C=O) groups is 3. The van der Waals surface area contributed by atoms with E-state index in [0.717, 1.165) is 6.42 Å². The number of ether oxygens (including phenoxy) is 1. The van der Waals surface area contributed by atoms with E-state index in [4.69, 9.17) is 16.3 Å². The highest BCUT2D eigenvalue weighted by molar-refractivity contribution is 6.31. The SMILES string of the molecule is CC(C)[C@H](NC(=O)OC(C)(C)C)C(=O)N1C[C@H](CC2C=CC(Cl)=CC2)[C@@H](C(=O)O)C1. The number of allylic oxidation sites excluding steroid dienone is 4. The van der Waals surface area contributed by atoms with Gasteiger partial charge in [-0.2, -0.15) is 0 Å². The predicted octanol–water partition coefficient (Wildman–Crippen LogP) is 3.78. The van der Waals surface area contributed by atoms with Gasteiger partial charge in [-0.15, -0.1) is 0 Å². The number of hydrogen-bond donors (Lipinski definition) is 2. The van der Waals surface area contributed by atoms with Crippen molar-refractivity contribution in [2.24, 2.45) is 23.7 Å². The Morgan fingerprint density at radius 2 is 1.97 bits per heavy atom. The number of carboxylic acids is 1. The van der Waals surface area contributed by atoms with Crippen molar-refractivity contribution in [1.82, 2.24) is 10.2 Å². The van der Waals surface area contributed by atoms with Crippen molar-refractivity contribution in [1.29, 1.82) is 0 Å². The molecule has 168 valence electrons. The molecule has 0 aromatic rings. The van der Waals surface area contributed by atoms with Gasteiger partial charge in [0.25, 0.3) is 0 Å². The van der Waals surface area contributed by atoms with E-state index in [1.54, 1.807) is 25.7 Å². The Morgan fingerprint density at radius 3 is 2.47 bits per heavy atom. The minimum Gasteiger partial charge on any atom is -0.481 e. The van der Waals surface area contributed by atoms with Crippen molar-refractivity contribution in [2.45, 2.75) is 59.1 Å². The molecule has 1 aliphatic carbocycles. The number of rotatable bonds is 6. The van der Waals surface area contributed by atoms with Crippen molar-refractivity contribution >= 4 is 29.6 Å². The number of carboxylic acid groups (broad SMARTS) is 1. The van der Waals surface area contributed by atoms with Crippen LogP contribution >= 0.6 is 11.6 Å². The monoisotopic (exact) mass is 440 g/mol. The van der Waals surface area contributed by atoms with Crippen molar-refractivity contribution in [3.05, 3.63) is 23.3 Å². The second-order valence-corrected chi connectivity index (χ2v) is 9.93. The molecule has 8 heteroatoms. The van der Waals surface area contributed by atoms with Crippen LogP contribution in [0.4, 0.5) is 4.79 Å². The van der Waals surface area contributed by atoms with Gasteiger partial charge in [-0.1, -0.05) is 37.6 Å². The summed E-state index contributed by atoms with van der Waals surface area (Å²) in [5.74, 6) is -1.91. The summed E-state index contributed by atoms with van der Waals surface area (Å²) in [5.41, 5.74) is -0.674. The molecular formula is C22H33ClN2O5. The van der Waals surface area contributed by atoms with Crippen LogP contribution in [0.2, 0.25) is 0 Å². The number of aliphatic carboxylic acids is 1. The molecule has 7 nitrogen and oxygen atoms in total. The van der Waals surface area contributed by atoms with Gasteiger partial charge >= 0.3 is 12.1 Å². The van der Waals surface area contributed by atoms with E-state index >= 15 is 0 Å². The van der Waals surface area contributed by atoms with Crippen LogP contribution in [0.15, 0.2) is 23.3 Å². The van der Waals surface area contributed by atoms with E-state index in [9.17, 15) is 19.5 Å². The predicted molar refractivity (Wildman–Crippen MR) is 115 cm³/mol. The Bertz CT molecular complexity index is 726. The molecule has 0 aromatic carbocycles. The zero-order chi connectivity index (χ0) is 22.6. The minimum absolute atomic E-state index is 0.144. The van der Waals surface area contributed by atoms with Gasteiger partial charge in [0, 0.05) is 18.1 Å². The number of alkyl carbamates (subject to hydrolysis) is 1. The Hall–Kier alpha value is -2.02. The second-order valence-electron chi connectivity index (χ2n) is 9.50. The van der Waals surface area contributed by atoms with Crippen molar-refractivity contribution in [2.75, 3.05) is 13.1 Å². The lowest BCUT2D eigenvalue weighted by atomic mass is 9.84. The smallest absolute Gasteiger partial charge is 0.408 e. The van der Waals surface area contributed by atoms with E-state index in [0.29, 0.717) is 18.0 Å². The molecule has 2 N–H and O–H groups in total. The summed E-state index contributed by atoms with van der Waals surface area (Å²) in [6.45, 7) is 9.44. The molecule has 2 amide bonds. The lowest BCUT2D eigenvalue weighted by Gasteiger charge is -2.28. The topological polar surface area (TPSA) is 95.9 Å². The van der Waals surface area contributed by atoms with E-state index < -0.39 is 29.6 Å². The highest BCUT2D eigenvalue weighted by atomic mass is 35.5. The van der Waals surface area contributed by atoms with Gasteiger partial charge in [-0.3, -0.25) is 9.59 Å². The lowest BCUT2D eigenvalue weighted by molar-refractivity contribution is -0.142. The Balaban J connectivity index is 2.07. The summed E-state index contributed by atoms with van der Waals surface area (Å²) < 4.78 is 5.28. The fourth-order valence-electron chi connectivity index (χ4n) is 3.92. The Kier molecular flexibility index (Phi) is 7.97. The molecule has 1 fully saturated rings. The minimum atomic E-state index is -0.898. The molecule has 1 saturated heterocycles. The third-order valence-corrected chi connectivity index (χ3v) is 5.70. The number of hydrogen-bond acceptors (Lipinski definition) is 4. The summed E-state index contributed by atoms with van der Waals surface area (Å²) >= 11 is 5.97. The van der Waals surface area contributed by atoms with Crippen LogP contribution in [0.5, 0.6) is 0 Å². The highest BCUT2D eigenvalue weighted by Crippen LogP contribution is 2.33. The molecule has 2 rings (SSSR count). The summed E-state index contributed by atoms with van der Waals surface area (Å²) in [6, 6.07) is -0.774. The molecular weight excluding hydrogens is 408 g/mol. The summed E-state index contributed by atoms with van der Waals surface area (Å²) in [4.78, 5) is 38.8. The van der Waals surface area contributed by atoms with Gasteiger partial charge in [0.1, 0.15) is 11.6 Å². The van der Waals surface area contributed by atoms with Crippen LogP contribution in [-0.2, 0) is 14.3 Å². The summed E-state index contributed by atoms with van der Waals surface area (Å²) in [5, 5.41) is 13.1. The van der Waals surface area contributed by atoms with Crippen molar-refractivity contribution < 1.29 is 24.2 Å². The number of carbonyl (C=O) groups excluding carboxylic acids is 2. The quantitative estimate of drug-likeness (QED) is 0.655. The van der Waals surface area contributed by atoms with Crippen LogP contribution in [0, 0.1) is 23.7 Å². The van der Waals surface area contributed by atoms with Crippen LogP contribution in [0.3, 0.4) is 0 Å². The molecule has 2 aliphatic rings. The maximum absolute atomic E-state index is 13.2. The van der Waals surface area contributed by atoms with Gasteiger partial charge < -0.3 is 20.1 Å². The molecule has 1 aliphatic heterocycles. The molecule has 0 saturated carbocycles. The van der Waals surface area contributed by atoms with E-state index in [1.165, 1.54) is 0 Å². The van der Waals surface area contributed by atoms with Gasteiger partial charge in [-0.25, -0.2) is 4.79 Å². The number of halogens is 1. The number of nitrogens with one attached hydrogen (secondary N) is 1. The van der Waals surface area contributed by atoms with Gasteiger partial charge in [-0.05, 0) is 57.4 Å². The molecule has 30 heavy (non-hydrogen) atoms. The first kappa shape index (κ1) is 24.3. The Labute approximate surface area is 183 Å². The first-order chi connectivity index (χ1) is 13.9. The van der Waals surface area contributed by atoms with Gasteiger partial charge in [0.15, 0.2) is 0 Å². The van der Waals surface area contributed by atoms with Gasteiger partial charge in [0.2, 0.25) is 5.91 Å². The van der Waals surface area contributed by atoms with Crippen LogP contribution < -0.4 is 5.32 Å². The van der Waals surface area contributed by atoms with E-state index in [2.05, 4.69) is 5.32 Å². The van der Waals surface area contributed by atoms with Crippen molar-refractivity contribution in [3.8, 4) is 0 Å². The van der Waals surface area contributed by atoms with Crippen LogP contribution in [0.1, 0.15) is 47.5 Å². The summed E-state index contributed by atoms with van der Waals surface area (Å²) in [7, 11) is 0. The second kappa shape index (κ2) is 9.86. The third kappa shape index (κ3) is 6.76. The first-order valence-corrected chi connectivity index (χ1v) is 10.8. The molecule has 0 aromatic heterocycles. The van der Waals surface area contributed by atoms with Crippen LogP contribution in [-0.4, -0.2) is 52.7 Å². The average Bonchev–Trinajstić information content (AvgIpc) is 3.03. The van der Waals surface area contributed by atoms with Crippen LogP contribution in [0.25, 0.3) is 0 Å². The average molecular weight is 441 g/mol. The largest absolute Gasteiger partial charge is 0.481 e. The molecule has 0 spiro atoms. The normalized spacial score (nSPS) is 25.1. The molecule has 4 atom stereocenters. The fourth-order valence-corrected chi connectivity index (χ4v) is 4.08. The maximum atomic E-state index is 13.2. The number of nitrogens with zero attached hydrogens (tertiary/aromatic N) is 1. The molecule has 0 radical (unpaired) electrons. The summed E-state index contributed by atoms with van der Waals surface area (Å²) in [6.07, 6.45) is 6.55. The number of amides is 2. The third-order valence-electron chi connectivity index (χ3n) is 5.42. The molecule has 1 unspecified atom stereocenters. The molecule has 1 heterocycles. The standard InChI is InChI=1S/C22H33ClN2O5/c1-13(2)18(24-21(29)30-22(3,4)5)19(26)25-11-15(17(12-25)20(27)28)10-14-6-8-16(23)9-7-14/h6,8-9,13-15,17-18H,7,10-12H2,1-5H3,(H,24,29)(H,27,28)/t14?,15-,17-,18-/m0/s1. The highest BCUT2D eigenvalue weighted by Gasteiger charge is 2.42. The van der Waals surface area contributed by atoms with Gasteiger partial charge in [0.05, 0.1) is 5.92 Å². The number of likely N-dealkylation sites (tertiary alicyclic amines) is 1.